The topological polar surface area (TPSA) is 76.1 Å². The van der Waals surface area contributed by atoms with Crippen LogP contribution in [0.3, 0.4) is 0 Å². The van der Waals surface area contributed by atoms with Gasteiger partial charge in [-0.2, -0.15) is 0 Å². The van der Waals surface area contributed by atoms with Crippen LogP contribution in [0.15, 0.2) is 0 Å². The Balaban J connectivity index is 4.81. The molecule has 6 heteroatoms. The van der Waals surface area contributed by atoms with Crippen molar-refractivity contribution in [1.82, 2.24) is 4.90 Å². The molecule has 0 aliphatic rings. The van der Waals surface area contributed by atoms with Crippen molar-refractivity contribution in [3.8, 4) is 0 Å². The monoisotopic (exact) mass is 654 g/mol. The number of unbranched alkanes of at least 4 members (excludes halogenated alkanes) is 18. The van der Waals surface area contributed by atoms with E-state index in [4.69, 9.17) is 9.47 Å². The van der Waals surface area contributed by atoms with E-state index in [1.165, 1.54) is 116 Å². The summed E-state index contributed by atoms with van der Waals surface area (Å²) in [5.74, 6) is 0.108. The molecule has 0 heterocycles. The van der Waals surface area contributed by atoms with Gasteiger partial charge in [-0.05, 0) is 44.6 Å². The van der Waals surface area contributed by atoms with E-state index in [-0.39, 0.29) is 24.6 Å². The van der Waals surface area contributed by atoms with Crippen LogP contribution in [0.1, 0.15) is 201 Å². The summed E-state index contributed by atoms with van der Waals surface area (Å²) in [6.07, 6.45) is 31.1. The third-order valence-electron chi connectivity index (χ3n) is 9.41. The van der Waals surface area contributed by atoms with Crippen LogP contribution in [0.25, 0.3) is 0 Å². The SMILES string of the molecule is CCCCCCCCCCOC(=O)CCCN(CCO)C(CCCC)C(=O)OCC(CCCCCCCC)CCCCCCCC. The molecule has 1 unspecified atom stereocenters. The van der Waals surface area contributed by atoms with Crippen LogP contribution in [0.4, 0.5) is 0 Å². The molecule has 6 nitrogen and oxygen atoms in total. The third-order valence-corrected chi connectivity index (χ3v) is 9.41. The zero-order valence-electron chi connectivity index (χ0n) is 31.3. The standard InChI is InChI=1S/C40H79NO5/c1-5-9-13-16-19-20-23-26-35-45-39(43)31-27-32-41(33-34-42)38(30-12-8-4)40(44)46-36-37(28-24-21-17-14-10-6-2)29-25-22-18-15-11-7-3/h37-38,42H,5-36H2,1-4H3. The van der Waals surface area contributed by atoms with E-state index in [0.29, 0.717) is 45.1 Å². The Kier molecular flexibility index (Phi) is 34.3. The van der Waals surface area contributed by atoms with Gasteiger partial charge in [0.15, 0.2) is 0 Å². The Hall–Kier alpha value is -1.14. The largest absolute Gasteiger partial charge is 0.466 e. The van der Waals surface area contributed by atoms with E-state index >= 15 is 0 Å². The predicted molar refractivity (Wildman–Crippen MR) is 195 cm³/mol. The summed E-state index contributed by atoms with van der Waals surface area (Å²) >= 11 is 0. The van der Waals surface area contributed by atoms with E-state index < -0.39 is 0 Å². The fraction of sp³-hybridized carbons (Fsp3) is 0.950. The Morgan fingerprint density at radius 1 is 0.543 bits per heavy atom. The van der Waals surface area contributed by atoms with Crippen LogP contribution in [0.5, 0.6) is 0 Å². The van der Waals surface area contributed by atoms with Crippen molar-refractivity contribution in [3.05, 3.63) is 0 Å². The molecule has 46 heavy (non-hydrogen) atoms. The normalized spacial score (nSPS) is 12.2. The summed E-state index contributed by atoms with van der Waals surface area (Å²) in [5.41, 5.74) is 0. The van der Waals surface area contributed by atoms with Crippen molar-refractivity contribution in [1.29, 1.82) is 0 Å². The number of hydrogen-bond acceptors (Lipinski definition) is 6. The number of aliphatic hydroxyl groups excluding tert-OH is 1. The molecule has 0 aromatic carbocycles. The lowest BCUT2D eigenvalue weighted by atomic mass is 9.94. The van der Waals surface area contributed by atoms with E-state index in [1.807, 2.05) is 4.90 Å². The molecule has 1 atom stereocenters. The van der Waals surface area contributed by atoms with Gasteiger partial charge in [0, 0.05) is 13.0 Å². The Bertz CT molecular complexity index is 642. The van der Waals surface area contributed by atoms with E-state index in [9.17, 15) is 14.7 Å². The quantitative estimate of drug-likeness (QED) is 0.0535. The molecular formula is C40H79NO5. The second-order valence-corrected chi connectivity index (χ2v) is 13.8. The smallest absolute Gasteiger partial charge is 0.323 e. The Morgan fingerprint density at radius 3 is 1.52 bits per heavy atom. The van der Waals surface area contributed by atoms with E-state index in [0.717, 1.165) is 44.9 Å². The van der Waals surface area contributed by atoms with Crippen LogP contribution in [0, 0.1) is 5.92 Å². The Morgan fingerprint density at radius 2 is 1.02 bits per heavy atom. The van der Waals surface area contributed by atoms with Crippen LogP contribution >= 0.6 is 0 Å². The lowest BCUT2D eigenvalue weighted by Gasteiger charge is -2.30. The number of rotatable bonds is 36. The summed E-state index contributed by atoms with van der Waals surface area (Å²) in [6, 6.07) is -0.371. The van der Waals surface area contributed by atoms with Gasteiger partial charge in [0.2, 0.25) is 0 Å². The molecule has 0 rings (SSSR count). The molecule has 0 amide bonds. The number of nitrogens with zero attached hydrogens (tertiary/aromatic N) is 1. The summed E-state index contributed by atoms with van der Waals surface area (Å²) in [7, 11) is 0. The number of ether oxygens (including phenoxy) is 2. The molecular weight excluding hydrogens is 574 g/mol. The minimum atomic E-state index is -0.371. The van der Waals surface area contributed by atoms with Gasteiger partial charge in [0.25, 0.3) is 0 Å². The Labute approximate surface area is 286 Å². The summed E-state index contributed by atoms with van der Waals surface area (Å²) in [4.78, 5) is 27.9. The molecule has 0 saturated carbocycles. The lowest BCUT2D eigenvalue weighted by Crippen LogP contribution is -2.44. The minimum absolute atomic E-state index is 0.0164. The number of hydrogen-bond donors (Lipinski definition) is 1. The molecule has 0 aromatic heterocycles. The molecule has 0 fully saturated rings. The minimum Gasteiger partial charge on any atom is -0.466 e. The highest BCUT2D eigenvalue weighted by Gasteiger charge is 2.27. The van der Waals surface area contributed by atoms with Crippen LogP contribution in [-0.2, 0) is 19.1 Å². The van der Waals surface area contributed by atoms with Gasteiger partial charge in [-0.1, -0.05) is 163 Å². The van der Waals surface area contributed by atoms with E-state index in [1.54, 1.807) is 0 Å². The van der Waals surface area contributed by atoms with Gasteiger partial charge >= 0.3 is 11.9 Å². The average molecular weight is 654 g/mol. The zero-order chi connectivity index (χ0) is 33.9. The molecule has 0 spiro atoms. The van der Waals surface area contributed by atoms with Crippen molar-refractivity contribution in [3.63, 3.8) is 0 Å². The molecule has 0 aliphatic heterocycles. The van der Waals surface area contributed by atoms with Gasteiger partial charge in [-0.25, -0.2) is 0 Å². The highest BCUT2D eigenvalue weighted by molar-refractivity contribution is 5.75. The average Bonchev–Trinajstić information content (AvgIpc) is 3.05. The van der Waals surface area contributed by atoms with Crippen LogP contribution in [0.2, 0.25) is 0 Å². The predicted octanol–water partition coefficient (Wildman–Crippen LogP) is 11.0. The molecule has 0 aliphatic carbocycles. The first-order valence-corrected chi connectivity index (χ1v) is 20.2. The van der Waals surface area contributed by atoms with Gasteiger partial charge in [0.1, 0.15) is 6.04 Å². The first kappa shape index (κ1) is 44.9. The maximum absolute atomic E-state index is 13.5. The maximum atomic E-state index is 13.5. The molecule has 0 bridgehead atoms. The number of carbonyl (C=O) groups is 2. The summed E-state index contributed by atoms with van der Waals surface area (Å²) in [5, 5.41) is 9.83. The third kappa shape index (κ3) is 27.9. The van der Waals surface area contributed by atoms with Gasteiger partial charge in [0.05, 0.1) is 19.8 Å². The highest BCUT2D eigenvalue weighted by atomic mass is 16.5. The molecule has 1 N–H and O–H groups in total. The highest BCUT2D eigenvalue weighted by Crippen LogP contribution is 2.21. The molecule has 274 valence electrons. The van der Waals surface area contributed by atoms with Crippen molar-refractivity contribution in [2.24, 2.45) is 5.92 Å². The summed E-state index contributed by atoms with van der Waals surface area (Å²) < 4.78 is 11.6. The first-order chi connectivity index (χ1) is 22.5. The van der Waals surface area contributed by atoms with E-state index in [2.05, 4.69) is 27.7 Å². The second kappa shape index (κ2) is 35.2. The number of carbonyl (C=O) groups excluding carboxylic acids is 2. The van der Waals surface area contributed by atoms with Gasteiger partial charge in [-0.15, -0.1) is 0 Å². The van der Waals surface area contributed by atoms with Crippen molar-refractivity contribution < 1.29 is 24.2 Å². The molecule has 0 radical (unpaired) electrons. The summed E-state index contributed by atoms with van der Waals surface area (Å²) in [6.45, 7) is 10.9. The number of esters is 2. The van der Waals surface area contributed by atoms with Crippen molar-refractivity contribution >= 4 is 11.9 Å². The number of aliphatic hydroxyl groups is 1. The van der Waals surface area contributed by atoms with Gasteiger partial charge < -0.3 is 14.6 Å². The van der Waals surface area contributed by atoms with Crippen molar-refractivity contribution in [2.45, 2.75) is 207 Å². The van der Waals surface area contributed by atoms with Crippen molar-refractivity contribution in [2.75, 3.05) is 32.9 Å². The van der Waals surface area contributed by atoms with Gasteiger partial charge in [-0.3, -0.25) is 14.5 Å². The first-order valence-electron chi connectivity index (χ1n) is 20.2. The molecule has 0 saturated heterocycles. The maximum Gasteiger partial charge on any atom is 0.323 e. The molecule has 0 aromatic rings. The fourth-order valence-electron chi connectivity index (χ4n) is 6.35. The second-order valence-electron chi connectivity index (χ2n) is 13.8. The lowest BCUT2D eigenvalue weighted by molar-refractivity contribution is -0.152. The van der Waals surface area contributed by atoms with Crippen LogP contribution in [-0.4, -0.2) is 60.9 Å². The fourth-order valence-corrected chi connectivity index (χ4v) is 6.35. The zero-order valence-corrected chi connectivity index (χ0v) is 31.3. The van der Waals surface area contributed by atoms with Crippen LogP contribution < -0.4 is 0 Å².